The van der Waals surface area contributed by atoms with Crippen LogP contribution < -0.4 is 0 Å². The monoisotopic (exact) mass is 366 g/mol. The molecule has 4 saturated carbocycles. The van der Waals surface area contributed by atoms with Gasteiger partial charge in [-0.1, -0.05) is 13.8 Å². The highest BCUT2D eigenvalue weighted by molar-refractivity contribution is 5.74. The summed E-state index contributed by atoms with van der Waals surface area (Å²) in [6, 6.07) is 0. The highest BCUT2D eigenvalue weighted by Gasteiger charge is 2.67. The number of carboxylic acids is 1. The first-order valence-electron chi connectivity index (χ1n) is 10.4. The van der Waals surface area contributed by atoms with E-state index in [2.05, 4.69) is 6.92 Å². The minimum absolute atomic E-state index is 0.152. The van der Waals surface area contributed by atoms with Crippen molar-refractivity contribution >= 4 is 5.97 Å². The van der Waals surface area contributed by atoms with Crippen molar-refractivity contribution in [2.75, 3.05) is 0 Å². The Morgan fingerprint density at radius 2 is 1.69 bits per heavy atom. The van der Waals surface area contributed by atoms with Crippen LogP contribution in [0.3, 0.4) is 0 Å². The van der Waals surface area contributed by atoms with E-state index in [1.54, 1.807) is 0 Å². The normalized spacial score (nSPS) is 54.7. The zero-order chi connectivity index (χ0) is 18.9. The van der Waals surface area contributed by atoms with Crippen LogP contribution in [0.25, 0.3) is 0 Å². The number of carboxylic acid groups (broad SMARTS) is 1. The van der Waals surface area contributed by atoms with Gasteiger partial charge in [-0.25, -0.2) is 4.79 Å². The SMILES string of the molecule is C[C@]12CC[C@@H](O)C[C@H]1CC[C@@H]1[C@@H]2CC[C@@]2(C)[C@H]1CC[C@]2(O)[C@@H](O)C(=O)O. The second kappa shape index (κ2) is 5.92. The molecular weight excluding hydrogens is 332 g/mol. The van der Waals surface area contributed by atoms with Gasteiger partial charge >= 0.3 is 5.97 Å². The third-order valence-corrected chi connectivity index (χ3v) is 9.54. The molecule has 9 atom stereocenters. The number of aliphatic hydroxyl groups excluding tert-OH is 2. The molecule has 0 unspecified atom stereocenters. The maximum absolute atomic E-state index is 11.4. The van der Waals surface area contributed by atoms with E-state index >= 15 is 0 Å². The van der Waals surface area contributed by atoms with Gasteiger partial charge in [0.1, 0.15) is 5.60 Å². The van der Waals surface area contributed by atoms with Gasteiger partial charge in [0.15, 0.2) is 6.10 Å². The van der Waals surface area contributed by atoms with E-state index in [1.165, 1.54) is 0 Å². The predicted molar refractivity (Wildman–Crippen MR) is 96.3 cm³/mol. The van der Waals surface area contributed by atoms with Gasteiger partial charge < -0.3 is 20.4 Å². The van der Waals surface area contributed by atoms with Crippen LogP contribution in [0, 0.1) is 34.5 Å². The summed E-state index contributed by atoms with van der Waals surface area (Å²) in [6.07, 6.45) is 6.23. The molecule has 0 amide bonds. The van der Waals surface area contributed by atoms with Crippen LogP contribution in [0.15, 0.2) is 0 Å². The second-order valence-corrected chi connectivity index (χ2v) is 10.2. The van der Waals surface area contributed by atoms with Crippen molar-refractivity contribution in [3.8, 4) is 0 Å². The van der Waals surface area contributed by atoms with Crippen LogP contribution in [0.5, 0.6) is 0 Å². The minimum Gasteiger partial charge on any atom is -0.479 e. The Hall–Kier alpha value is -0.650. The summed E-state index contributed by atoms with van der Waals surface area (Å²) in [7, 11) is 0. The van der Waals surface area contributed by atoms with E-state index < -0.39 is 23.1 Å². The van der Waals surface area contributed by atoms with Crippen molar-refractivity contribution in [1.29, 1.82) is 0 Å². The average Bonchev–Trinajstić information content (AvgIpc) is 2.87. The Morgan fingerprint density at radius 3 is 2.38 bits per heavy atom. The lowest BCUT2D eigenvalue weighted by atomic mass is 9.44. The van der Waals surface area contributed by atoms with E-state index in [-0.39, 0.29) is 17.4 Å². The molecule has 0 heterocycles. The molecule has 0 spiro atoms. The van der Waals surface area contributed by atoms with Crippen molar-refractivity contribution in [2.45, 2.75) is 89.4 Å². The lowest BCUT2D eigenvalue weighted by molar-refractivity contribution is -0.201. The zero-order valence-electron chi connectivity index (χ0n) is 16.0. The maximum Gasteiger partial charge on any atom is 0.335 e. The lowest BCUT2D eigenvalue weighted by Gasteiger charge is -2.61. The van der Waals surface area contributed by atoms with Crippen LogP contribution in [-0.4, -0.2) is 44.2 Å². The molecule has 4 rings (SSSR count). The highest BCUT2D eigenvalue weighted by atomic mass is 16.4. The van der Waals surface area contributed by atoms with Crippen molar-refractivity contribution in [2.24, 2.45) is 34.5 Å². The van der Waals surface area contributed by atoms with Crippen LogP contribution >= 0.6 is 0 Å². The first-order valence-corrected chi connectivity index (χ1v) is 10.4. The van der Waals surface area contributed by atoms with Crippen LogP contribution in [0.4, 0.5) is 0 Å². The Kier molecular flexibility index (Phi) is 4.26. The fourth-order valence-corrected chi connectivity index (χ4v) is 7.94. The Bertz CT molecular complexity index is 593. The number of rotatable bonds is 2. The van der Waals surface area contributed by atoms with E-state index in [0.717, 1.165) is 51.4 Å². The molecule has 4 N–H and O–H groups in total. The lowest BCUT2D eigenvalue weighted by Crippen LogP contribution is -2.61. The molecule has 0 radical (unpaired) electrons. The number of aliphatic hydroxyl groups is 3. The number of fused-ring (bicyclic) bond motifs is 5. The van der Waals surface area contributed by atoms with Gasteiger partial charge in [-0.15, -0.1) is 0 Å². The molecule has 0 saturated heterocycles. The molecular formula is C21H34O5. The molecule has 4 aliphatic rings. The van der Waals surface area contributed by atoms with Gasteiger partial charge in [0.05, 0.1) is 6.10 Å². The van der Waals surface area contributed by atoms with Gasteiger partial charge in [0.2, 0.25) is 0 Å². The summed E-state index contributed by atoms with van der Waals surface area (Å²) in [5, 5.41) is 41.0. The molecule has 5 nitrogen and oxygen atoms in total. The number of carbonyl (C=O) groups is 1. The molecule has 4 fully saturated rings. The van der Waals surface area contributed by atoms with Crippen LogP contribution in [0.1, 0.15) is 71.6 Å². The molecule has 0 aliphatic heterocycles. The molecule has 0 aromatic carbocycles. The van der Waals surface area contributed by atoms with Gasteiger partial charge in [-0.3, -0.25) is 0 Å². The van der Waals surface area contributed by atoms with E-state index in [1.807, 2.05) is 6.92 Å². The Balaban J connectivity index is 1.63. The smallest absolute Gasteiger partial charge is 0.335 e. The molecule has 26 heavy (non-hydrogen) atoms. The fraction of sp³-hybridized carbons (Fsp3) is 0.952. The molecule has 0 aromatic heterocycles. The van der Waals surface area contributed by atoms with Gasteiger partial charge in [0, 0.05) is 5.41 Å². The molecule has 0 bridgehead atoms. The summed E-state index contributed by atoms with van der Waals surface area (Å²) >= 11 is 0. The summed E-state index contributed by atoms with van der Waals surface area (Å²) in [5.74, 6) is 0.650. The minimum atomic E-state index is -1.70. The van der Waals surface area contributed by atoms with E-state index in [4.69, 9.17) is 0 Å². The second-order valence-electron chi connectivity index (χ2n) is 10.2. The quantitative estimate of drug-likeness (QED) is 0.602. The largest absolute Gasteiger partial charge is 0.479 e. The number of hydrogen-bond acceptors (Lipinski definition) is 4. The fourth-order valence-electron chi connectivity index (χ4n) is 7.94. The van der Waals surface area contributed by atoms with Crippen molar-refractivity contribution < 1.29 is 25.2 Å². The van der Waals surface area contributed by atoms with Crippen molar-refractivity contribution in [3.05, 3.63) is 0 Å². The Labute approximate surface area is 155 Å². The first kappa shape index (κ1) is 18.7. The summed E-state index contributed by atoms with van der Waals surface area (Å²) in [4.78, 5) is 11.4. The summed E-state index contributed by atoms with van der Waals surface area (Å²) < 4.78 is 0. The first-order chi connectivity index (χ1) is 12.1. The average molecular weight is 366 g/mol. The number of hydrogen-bond donors (Lipinski definition) is 4. The third kappa shape index (κ3) is 2.29. The standard InChI is InChI=1S/C21H34O5/c1-19-8-5-13(22)11-12(19)3-4-14-15(19)6-9-20(2)16(14)7-10-21(20,26)17(23)18(24)25/h12-17,22-23,26H,3-11H2,1-2H3,(H,24,25)/t12-,13-,14-,15+,16+,17+,19+,20+,21+/m1/s1. The molecule has 0 aromatic rings. The zero-order valence-corrected chi connectivity index (χ0v) is 16.0. The summed E-state index contributed by atoms with van der Waals surface area (Å²) in [6.45, 7) is 4.43. The van der Waals surface area contributed by atoms with E-state index in [0.29, 0.717) is 24.2 Å². The third-order valence-electron chi connectivity index (χ3n) is 9.54. The molecule has 5 heteroatoms. The maximum atomic E-state index is 11.4. The topological polar surface area (TPSA) is 98.0 Å². The van der Waals surface area contributed by atoms with Crippen LogP contribution in [0.2, 0.25) is 0 Å². The number of aliphatic carboxylic acids is 1. The van der Waals surface area contributed by atoms with Crippen molar-refractivity contribution in [3.63, 3.8) is 0 Å². The predicted octanol–water partition coefficient (Wildman–Crippen LogP) is 2.57. The van der Waals surface area contributed by atoms with Crippen molar-refractivity contribution in [1.82, 2.24) is 0 Å². The summed E-state index contributed by atoms with van der Waals surface area (Å²) in [5.41, 5.74) is -1.78. The van der Waals surface area contributed by atoms with Gasteiger partial charge in [-0.05, 0) is 86.9 Å². The van der Waals surface area contributed by atoms with Gasteiger partial charge in [-0.2, -0.15) is 0 Å². The Morgan fingerprint density at radius 1 is 1.00 bits per heavy atom. The molecule has 148 valence electrons. The molecule has 4 aliphatic carbocycles. The van der Waals surface area contributed by atoms with E-state index in [9.17, 15) is 25.2 Å². The highest BCUT2D eigenvalue weighted by Crippen LogP contribution is 2.68. The van der Waals surface area contributed by atoms with Gasteiger partial charge in [0.25, 0.3) is 0 Å². The van der Waals surface area contributed by atoms with Crippen LogP contribution in [-0.2, 0) is 4.79 Å².